The van der Waals surface area contributed by atoms with Gasteiger partial charge in [-0.2, -0.15) is 0 Å². The number of amides is 1. The molecule has 0 bridgehead atoms. The normalized spacial score (nSPS) is 19.2. The van der Waals surface area contributed by atoms with Crippen molar-refractivity contribution in [1.29, 1.82) is 0 Å². The minimum Gasteiger partial charge on any atom is -0.358 e. The quantitative estimate of drug-likeness (QED) is 0.791. The maximum absolute atomic E-state index is 12.2. The fourth-order valence-corrected chi connectivity index (χ4v) is 3.56. The lowest BCUT2D eigenvalue weighted by Gasteiger charge is -2.31. The van der Waals surface area contributed by atoms with Crippen LogP contribution in [0.25, 0.3) is 10.9 Å². The van der Waals surface area contributed by atoms with Gasteiger partial charge in [0.25, 0.3) is 5.91 Å². The average Bonchev–Trinajstić information content (AvgIpc) is 3.17. The van der Waals surface area contributed by atoms with Crippen molar-refractivity contribution in [1.82, 2.24) is 10.3 Å². The van der Waals surface area contributed by atoms with Gasteiger partial charge < -0.3 is 25.5 Å². The second kappa shape index (κ2) is 5.63. The molecule has 1 aromatic heterocycles. The number of rotatable bonds is 3. The molecule has 0 unspecified atom stereocenters. The molecular weight excluding hydrogens is 294 g/mol. The first kappa shape index (κ1) is 14.7. The van der Waals surface area contributed by atoms with Crippen LogP contribution >= 0.6 is 0 Å². The third-order valence-electron chi connectivity index (χ3n) is 4.70. The lowest BCUT2D eigenvalue weighted by atomic mass is 9.90. The zero-order chi connectivity index (χ0) is 15.9. The van der Waals surface area contributed by atoms with E-state index < -0.39 is 5.79 Å². The van der Waals surface area contributed by atoms with Crippen LogP contribution < -0.4 is 11.1 Å². The van der Waals surface area contributed by atoms with Crippen LogP contribution in [-0.2, 0) is 22.3 Å². The van der Waals surface area contributed by atoms with Gasteiger partial charge in [-0.15, -0.1) is 0 Å². The summed E-state index contributed by atoms with van der Waals surface area (Å²) in [5.74, 6) is -0.564. The fraction of sp³-hybridized carbons (Fsp3) is 0.471. The van der Waals surface area contributed by atoms with Crippen molar-refractivity contribution in [2.45, 2.75) is 25.0 Å². The van der Waals surface area contributed by atoms with Crippen LogP contribution in [0, 0.1) is 0 Å². The molecule has 4 rings (SSSR count). The molecule has 6 heteroatoms. The Kier molecular flexibility index (Phi) is 3.60. The first-order valence-electron chi connectivity index (χ1n) is 8.10. The van der Waals surface area contributed by atoms with Gasteiger partial charge in [-0.25, -0.2) is 0 Å². The lowest BCUT2D eigenvalue weighted by Crippen LogP contribution is -2.36. The minimum atomic E-state index is -0.472. The van der Waals surface area contributed by atoms with Crippen molar-refractivity contribution in [2.24, 2.45) is 5.73 Å². The fourth-order valence-electron chi connectivity index (χ4n) is 3.56. The van der Waals surface area contributed by atoms with E-state index in [1.807, 2.05) is 18.2 Å². The number of benzene rings is 1. The van der Waals surface area contributed by atoms with Crippen molar-refractivity contribution in [3.05, 3.63) is 35.0 Å². The number of ether oxygens (including phenoxy) is 2. The van der Waals surface area contributed by atoms with Gasteiger partial charge in [0.15, 0.2) is 5.79 Å². The summed E-state index contributed by atoms with van der Waals surface area (Å²) in [4.78, 5) is 15.6. The summed E-state index contributed by atoms with van der Waals surface area (Å²) in [6, 6.07) is 5.76. The minimum absolute atomic E-state index is 0.0915. The number of H-pyrrole nitrogens is 1. The molecule has 2 aliphatic rings. The predicted molar refractivity (Wildman–Crippen MR) is 86.3 cm³/mol. The lowest BCUT2D eigenvalue weighted by molar-refractivity contribution is -0.163. The third kappa shape index (κ3) is 2.52. The molecule has 1 aromatic carbocycles. The first-order chi connectivity index (χ1) is 11.2. The Bertz CT molecular complexity index is 747. The molecule has 0 saturated carbocycles. The number of nitrogens with two attached hydrogens (primary N) is 1. The van der Waals surface area contributed by atoms with Crippen LogP contribution in [0.3, 0.4) is 0 Å². The largest absolute Gasteiger partial charge is 0.358 e. The number of carbonyl (C=O) groups is 1. The molecule has 1 aliphatic carbocycles. The highest BCUT2D eigenvalue weighted by Crippen LogP contribution is 2.38. The smallest absolute Gasteiger partial charge is 0.251 e. The number of aromatic nitrogens is 1. The molecule has 0 radical (unpaired) electrons. The van der Waals surface area contributed by atoms with E-state index in [9.17, 15) is 4.79 Å². The van der Waals surface area contributed by atoms with E-state index in [-0.39, 0.29) is 5.91 Å². The monoisotopic (exact) mass is 315 g/mol. The van der Waals surface area contributed by atoms with Crippen LogP contribution in [0.4, 0.5) is 0 Å². The summed E-state index contributed by atoms with van der Waals surface area (Å²) in [7, 11) is 0. The summed E-state index contributed by atoms with van der Waals surface area (Å²) < 4.78 is 11.7. The molecule has 2 heterocycles. The SMILES string of the molecule is NCCNC(=O)c1ccc2[nH]c3c(c2c1)CC1(CC3)OCCO1. The van der Waals surface area contributed by atoms with Gasteiger partial charge in [0, 0.05) is 48.1 Å². The number of aryl methyl sites for hydroxylation is 1. The van der Waals surface area contributed by atoms with Crippen LogP contribution in [0.1, 0.15) is 28.0 Å². The maximum Gasteiger partial charge on any atom is 0.251 e. The summed E-state index contributed by atoms with van der Waals surface area (Å²) >= 11 is 0. The van der Waals surface area contributed by atoms with Crippen LogP contribution in [0.2, 0.25) is 0 Å². The molecule has 6 nitrogen and oxygen atoms in total. The summed E-state index contributed by atoms with van der Waals surface area (Å²) in [6.07, 6.45) is 2.51. The highest BCUT2D eigenvalue weighted by atomic mass is 16.7. The molecule has 1 aliphatic heterocycles. The predicted octanol–water partition coefficient (Wildman–Crippen LogP) is 1.09. The van der Waals surface area contributed by atoms with Gasteiger partial charge in [0.2, 0.25) is 0 Å². The van der Waals surface area contributed by atoms with Crippen LogP contribution in [0.15, 0.2) is 18.2 Å². The Morgan fingerprint density at radius 3 is 2.96 bits per heavy atom. The number of aromatic amines is 1. The van der Waals surface area contributed by atoms with E-state index in [0.717, 1.165) is 30.2 Å². The van der Waals surface area contributed by atoms with Gasteiger partial charge in [-0.3, -0.25) is 4.79 Å². The summed E-state index contributed by atoms with van der Waals surface area (Å²) in [5.41, 5.74) is 9.58. The molecule has 23 heavy (non-hydrogen) atoms. The van der Waals surface area contributed by atoms with Crippen molar-refractivity contribution in [2.75, 3.05) is 26.3 Å². The molecule has 1 saturated heterocycles. The molecule has 122 valence electrons. The Balaban J connectivity index is 1.70. The average molecular weight is 315 g/mol. The molecule has 2 aromatic rings. The Morgan fingerprint density at radius 1 is 1.35 bits per heavy atom. The second-order valence-corrected chi connectivity index (χ2v) is 6.17. The summed E-state index contributed by atoms with van der Waals surface area (Å²) in [5, 5.41) is 3.89. The number of carbonyl (C=O) groups excluding carboxylic acids is 1. The third-order valence-corrected chi connectivity index (χ3v) is 4.70. The van der Waals surface area contributed by atoms with Crippen molar-refractivity contribution < 1.29 is 14.3 Å². The number of hydrogen-bond donors (Lipinski definition) is 3. The van der Waals surface area contributed by atoms with E-state index in [2.05, 4.69) is 10.3 Å². The Hall–Kier alpha value is -1.89. The first-order valence-corrected chi connectivity index (χ1v) is 8.10. The highest BCUT2D eigenvalue weighted by Gasteiger charge is 2.41. The van der Waals surface area contributed by atoms with E-state index in [1.165, 1.54) is 11.3 Å². The van der Waals surface area contributed by atoms with Gasteiger partial charge in [0.1, 0.15) is 0 Å². The topological polar surface area (TPSA) is 89.4 Å². The van der Waals surface area contributed by atoms with E-state index in [4.69, 9.17) is 15.2 Å². The highest BCUT2D eigenvalue weighted by molar-refractivity contribution is 5.99. The molecule has 1 fully saturated rings. The number of hydrogen-bond acceptors (Lipinski definition) is 4. The van der Waals surface area contributed by atoms with E-state index in [1.54, 1.807) is 0 Å². The standard InChI is InChI=1S/C17H21N3O3/c18-5-6-19-16(21)11-1-2-14-12(9-11)13-10-17(22-7-8-23-17)4-3-15(13)20-14/h1-2,9,20H,3-8,10,18H2,(H,19,21). The van der Waals surface area contributed by atoms with Gasteiger partial charge in [-0.1, -0.05) is 0 Å². The molecule has 4 N–H and O–H groups in total. The van der Waals surface area contributed by atoms with Gasteiger partial charge in [-0.05, 0) is 30.2 Å². The van der Waals surface area contributed by atoms with Crippen molar-refractivity contribution in [3.8, 4) is 0 Å². The van der Waals surface area contributed by atoms with Crippen LogP contribution in [-0.4, -0.2) is 43.0 Å². The number of nitrogens with one attached hydrogen (secondary N) is 2. The summed E-state index contributed by atoms with van der Waals surface area (Å²) in [6.45, 7) is 2.23. The zero-order valence-corrected chi connectivity index (χ0v) is 13.0. The number of fused-ring (bicyclic) bond motifs is 3. The van der Waals surface area contributed by atoms with Gasteiger partial charge >= 0.3 is 0 Å². The van der Waals surface area contributed by atoms with Crippen LogP contribution in [0.5, 0.6) is 0 Å². The molecule has 1 spiro atoms. The van der Waals surface area contributed by atoms with E-state index in [0.29, 0.717) is 31.9 Å². The van der Waals surface area contributed by atoms with E-state index >= 15 is 0 Å². The maximum atomic E-state index is 12.2. The van der Waals surface area contributed by atoms with Gasteiger partial charge in [0.05, 0.1) is 13.2 Å². The van der Waals surface area contributed by atoms with Crippen molar-refractivity contribution in [3.63, 3.8) is 0 Å². The Morgan fingerprint density at radius 2 is 2.17 bits per heavy atom. The molecule has 1 amide bonds. The Labute approximate surface area is 134 Å². The second-order valence-electron chi connectivity index (χ2n) is 6.17. The molecule has 0 atom stereocenters. The zero-order valence-electron chi connectivity index (χ0n) is 13.0. The van der Waals surface area contributed by atoms with Crippen molar-refractivity contribution >= 4 is 16.8 Å². The molecular formula is C17H21N3O3.